The van der Waals surface area contributed by atoms with Crippen molar-refractivity contribution in [1.82, 2.24) is 9.55 Å². The van der Waals surface area contributed by atoms with E-state index in [0.717, 1.165) is 44.5 Å². The molecule has 2 aliphatic rings. The lowest BCUT2D eigenvalue weighted by molar-refractivity contribution is -0.137. The Morgan fingerprint density at radius 1 is 1.14 bits per heavy atom. The van der Waals surface area contributed by atoms with E-state index in [4.69, 9.17) is 5.73 Å². The van der Waals surface area contributed by atoms with Crippen molar-refractivity contribution in [1.29, 1.82) is 0 Å². The summed E-state index contributed by atoms with van der Waals surface area (Å²) < 4.78 is 40.2. The number of aromatic nitrogens is 2. The molecule has 0 bridgehead atoms. The number of benzene rings is 2. The number of hydrogen-bond acceptors (Lipinski definition) is 4. The predicted molar refractivity (Wildman–Crippen MR) is 132 cm³/mol. The van der Waals surface area contributed by atoms with Gasteiger partial charge in [-0.3, -0.25) is 9.36 Å². The molecule has 3 aromatic rings. The Hall–Kier alpha value is -3.57. The third kappa shape index (κ3) is 4.40. The van der Waals surface area contributed by atoms with E-state index in [-0.39, 0.29) is 29.0 Å². The molecular weight excluding hydrogens is 465 g/mol. The van der Waals surface area contributed by atoms with E-state index < -0.39 is 11.7 Å². The van der Waals surface area contributed by atoms with E-state index in [1.165, 1.54) is 28.0 Å². The molecule has 1 aliphatic carbocycles. The lowest BCUT2D eigenvalue weighted by Crippen LogP contribution is -2.46. The van der Waals surface area contributed by atoms with Crippen molar-refractivity contribution in [2.45, 2.75) is 37.9 Å². The fourth-order valence-electron chi connectivity index (χ4n) is 5.47. The molecule has 8 heteroatoms. The Labute approximate surface area is 207 Å². The molecule has 5 nitrogen and oxygen atoms in total. The summed E-state index contributed by atoms with van der Waals surface area (Å²) in [6.45, 7) is 1.51. The van der Waals surface area contributed by atoms with Crippen LogP contribution in [-0.2, 0) is 26.1 Å². The highest BCUT2D eigenvalue weighted by molar-refractivity contribution is 5.42. The van der Waals surface area contributed by atoms with Gasteiger partial charge in [0.1, 0.15) is 5.56 Å². The first-order valence-electron chi connectivity index (χ1n) is 12.0. The lowest BCUT2D eigenvalue weighted by atomic mass is 9.73. The molecule has 2 N–H and O–H groups in total. The SMILES string of the molecule is Cn1c(N2CCC3(CC2)Cc2ccccc2[C@H]3N)ncc(C#CCc2cccc(C(F)(F)F)c2)c1=O. The number of nitrogens with zero attached hydrogens (tertiary/aromatic N) is 3. The molecule has 0 saturated carbocycles. The van der Waals surface area contributed by atoms with Crippen LogP contribution in [0.15, 0.2) is 59.5 Å². The molecule has 0 radical (unpaired) electrons. The molecule has 186 valence electrons. The Morgan fingerprint density at radius 3 is 2.61 bits per heavy atom. The van der Waals surface area contributed by atoms with Crippen LogP contribution in [-0.4, -0.2) is 22.6 Å². The summed E-state index contributed by atoms with van der Waals surface area (Å²) in [5.41, 5.74) is 8.94. The third-order valence-electron chi connectivity index (χ3n) is 7.55. The minimum absolute atomic E-state index is 0.0158. The standard InChI is InChI=1S/C28H27F3N4O/c1-34-25(36)21(9-4-6-19-7-5-10-22(16-19)28(29,30)31)18-33-26(34)35-14-12-27(13-15-35)17-20-8-2-3-11-23(20)24(27)32/h2-3,5,7-8,10-11,16,18,24H,6,12-15,17,32H2,1H3/t24-/m1/s1. The van der Waals surface area contributed by atoms with Gasteiger partial charge in [-0.25, -0.2) is 4.98 Å². The summed E-state index contributed by atoms with van der Waals surface area (Å²) in [4.78, 5) is 19.6. The van der Waals surface area contributed by atoms with E-state index in [0.29, 0.717) is 11.5 Å². The van der Waals surface area contributed by atoms with Crippen LogP contribution in [0, 0.1) is 17.3 Å². The topological polar surface area (TPSA) is 64.2 Å². The van der Waals surface area contributed by atoms with Gasteiger partial charge in [-0.05, 0) is 47.4 Å². The van der Waals surface area contributed by atoms with Crippen molar-refractivity contribution in [3.05, 3.63) is 92.9 Å². The van der Waals surface area contributed by atoms with Crippen LogP contribution >= 0.6 is 0 Å². The van der Waals surface area contributed by atoms with Gasteiger partial charge >= 0.3 is 6.18 Å². The molecule has 1 spiro atoms. The summed E-state index contributed by atoms with van der Waals surface area (Å²) in [7, 11) is 1.67. The van der Waals surface area contributed by atoms with Crippen LogP contribution in [0.4, 0.5) is 19.1 Å². The highest BCUT2D eigenvalue weighted by Crippen LogP contribution is 2.50. The molecule has 36 heavy (non-hydrogen) atoms. The van der Waals surface area contributed by atoms with Crippen molar-refractivity contribution >= 4 is 5.95 Å². The molecule has 0 amide bonds. The molecular formula is C28H27F3N4O. The minimum atomic E-state index is -4.40. The van der Waals surface area contributed by atoms with Gasteiger partial charge in [-0.2, -0.15) is 13.2 Å². The maximum Gasteiger partial charge on any atom is 0.416 e. The largest absolute Gasteiger partial charge is 0.416 e. The number of fused-ring (bicyclic) bond motifs is 1. The molecule has 1 aromatic heterocycles. The number of piperidine rings is 1. The molecule has 1 fully saturated rings. The van der Waals surface area contributed by atoms with Crippen LogP contribution in [0.1, 0.15) is 46.7 Å². The molecule has 2 aromatic carbocycles. The summed E-state index contributed by atoms with van der Waals surface area (Å²) in [5, 5.41) is 0. The second kappa shape index (κ2) is 9.14. The first-order chi connectivity index (χ1) is 17.2. The van der Waals surface area contributed by atoms with Crippen molar-refractivity contribution in [2.24, 2.45) is 18.2 Å². The maximum atomic E-state index is 12.9. The molecule has 1 aliphatic heterocycles. The number of nitrogens with two attached hydrogens (primary N) is 1. The predicted octanol–water partition coefficient (Wildman–Crippen LogP) is 4.24. The van der Waals surface area contributed by atoms with E-state index >= 15 is 0 Å². The number of alkyl halides is 3. The monoisotopic (exact) mass is 492 g/mol. The van der Waals surface area contributed by atoms with Gasteiger partial charge in [0.15, 0.2) is 0 Å². The third-order valence-corrected chi connectivity index (χ3v) is 7.55. The number of rotatable bonds is 2. The Kier molecular flexibility index (Phi) is 6.13. The van der Waals surface area contributed by atoms with Gasteiger partial charge in [-0.1, -0.05) is 54.3 Å². The second-order valence-corrected chi connectivity index (χ2v) is 9.72. The average molecular weight is 493 g/mol. The van der Waals surface area contributed by atoms with E-state index in [2.05, 4.69) is 39.9 Å². The van der Waals surface area contributed by atoms with Gasteiger partial charge in [0.05, 0.1) is 11.8 Å². The van der Waals surface area contributed by atoms with E-state index in [9.17, 15) is 18.0 Å². The zero-order valence-corrected chi connectivity index (χ0v) is 20.0. The van der Waals surface area contributed by atoms with Crippen molar-refractivity contribution in [3.63, 3.8) is 0 Å². The van der Waals surface area contributed by atoms with Crippen LogP contribution in [0.3, 0.4) is 0 Å². The Balaban J connectivity index is 1.28. The first kappa shape index (κ1) is 24.1. The molecule has 1 saturated heterocycles. The normalized spacial score (nSPS) is 18.6. The van der Waals surface area contributed by atoms with Crippen molar-refractivity contribution in [2.75, 3.05) is 18.0 Å². The second-order valence-electron chi connectivity index (χ2n) is 9.72. The van der Waals surface area contributed by atoms with Crippen LogP contribution in [0.2, 0.25) is 0 Å². The lowest BCUT2D eigenvalue weighted by Gasteiger charge is -2.42. The smallest absolute Gasteiger partial charge is 0.342 e. The zero-order valence-electron chi connectivity index (χ0n) is 20.0. The zero-order chi connectivity index (χ0) is 25.5. The van der Waals surface area contributed by atoms with Gasteiger partial charge in [0.2, 0.25) is 5.95 Å². The van der Waals surface area contributed by atoms with Crippen molar-refractivity contribution in [3.8, 4) is 11.8 Å². The van der Waals surface area contributed by atoms with Crippen LogP contribution < -0.4 is 16.2 Å². The van der Waals surface area contributed by atoms with Crippen LogP contribution in [0.5, 0.6) is 0 Å². The molecule has 2 heterocycles. The van der Waals surface area contributed by atoms with E-state index in [1.54, 1.807) is 13.1 Å². The molecule has 1 atom stereocenters. The van der Waals surface area contributed by atoms with E-state index in [1.807, 2.05) is 6.07 Å². The molecule has 5 rings (SSSR count). The quantitative estimate of drug-likeness (QED) is 0.544. The summed E-state index contributed by atoms with van der Waals surface area (Å²) in [6.07, 6.45) is -0.0382. The fraction of sp³-hybridized carbons (Fsp3) is 0.357. The number of halogens is 3. The average Bonchev–Trinajstić information content (AvgIpc) is 3.13. The highest BCUT2D eigenvalue weighted by atomic mass is 19.4. The Bertz CT molecular complexity index is 1410. The molecule has 0 unspecified atom stereocenters. The minimum Gasteiger partial charge on any atom is -0.342 e. The number of hydrogen-bond donors (Lipinski definition) is 1. The van der Waals surface area contributed by atoms with Gasteiger partial charge in [-0.15, -0.1) is 0 Å². The van der Waals surface area contributed by atoms with Crippen LogP contribution in [0.25, 0.3) is 0 Å². The summed E-state index contributed by atoms with van der Waals surface area (Å²) >= 11 is 0. The number of anilines is 1. The highest BCUT2D eigenvalue weighted by Gasteiger charge is 2.46. The Morgan fingerprint density at radius 2 is 1.89 bits per heavy atom. The van der Waals surface area contributed by atoms with Gasteiger partial charge < -0.3 is 10.6 Å². The van der Waals surface area contributed by atoms with Gasteiger partial charge in [0, 0.05) is 32.6 Å². The summed E-state index contributed by atoms with van der Waals surface area (Å²) in [6, 6.07) is 13.4. The maximum absolute atomic E-state index is 12.9. The summed E-state index contributed by atoms with van der Waals surface area (Å²) in [5.74, 6) is 6.18. The first-order valence-corrected chi connectivity index (χ1v) is 12.0. The van der Waals surface area contributed by atoms with Gasteiger partial charge in [0.25, 0.3) is 5.56 Å². The fourth-order valence-corrected chi connectivity index (χ4v) is 5.47. The van der Waals surface area contributed by atoms with Crippen molar-refractivity contribution < 1.29 is 13.2 Å².